The van der Waals surface area contributed by atoms with Gasteiger partial charge in [-0.3, -0.25) is 76.7 Å². The average Bonchev–Trinajstić information content (AvgIpc) is 1.76. The number of primary amides is 3. The highest BCUT2D eigenvalue weighted by Gasteiger charge is 2.44. The first-order valence-corrected chi connectivity index (χ1v) is 43.3. The maximum atomic E-state index is 15.1. The average molecular weight is 1770 g/mol. The molecule has 3 aromatic heterocycles. The molecule has 3 aromatic carbocycles. The van der Waals surface area contributed by atoms with Gasteiger partial charge in [0.2, 0.25) is 94.5 Å². The van der Waals surface area contributed by atoms with E-state index in [0.717, 1.165) is 27.4 Å². The van der Waals surface area contributed by atoms with E-state index in [4.69, 9.17) is 28.7 Å². The molecule has 6 aromatic rings. The van der Waals surface area contributed by atoms with Gasteiger partial charge in [-0.05, 0) is 149 Å². The molecule has 1 unspecified atom stereocenters. The summed E-state index contributed by atoms with van der Waals surface area (Å²) in [6, 6.07) is 2.90. The van der Waals surface area contributed by atoms with Crippen molar-refractivity contribution in [2.75, 3.05) is 32.8 Å². The van der Waals surface area contributed by atoms with Crippen molar-refractivity contribution in [3.63, 3.8) is 0 Å². The molecule has 0 spiro atoms. The van der Waals surface area contributed by atoms with Crippen molar-refractivity contribution < 1.29 is 86.9 Å². The van der Waals surface area contributed by atoms with Crippen molar-refractivity contribution in [3.8, 4) is 5.75 Å². The lowest BCUT2D eigenvalue weighted by atomic mass is 9.96. The minimum atomic E-state index is -1.59. The monoisotopic (exact) mass is 1760 g/mol. The second-order valence-electron chi connectivity index (χ2n) is 33.4. The molecule has 2 aliphatic rings. The Hall–Kier alpha value is -12.9. The fourth-order valence-corrected chi connectivity index (χ4v) is 15.6. The van der Waals surface area contributed by atoms with Crippen LogP contribution >= 0.6 is 0 Å². The summed E-state index contributed by atoms with van der Waals surface area (Å²) in [4.78, 5) is 242. The molecule has 5 heterocycles. The number of nitrogens with two attached hydrogens (primary N) is 5. The summed E-state index contributed by atoms with van der Waals surface area (Å²) in [5.74, 6) is -14.5. The Morgan fingerprint density at radius 2 is 0.961 bits per heavy atom. The highest BCUT2D eigenvalue weighted by molar-refractivity contribution is 6.01. The number of aromatic amines is 3. The number of H-pyrrole nitrogens is 3. The summed E-state index contributed by atoms with van der Waals surface area (Å²) in [7, 11) is 0. The first-order valence-electron chi connectivity index (χ1n) is 43.3. The molecule has 26 N–H and O–H groups in total. The third-order valence-electron chi connectivity index (χ3n) is 22.6. The normalized spacial score (nSPS) is 16.7. The molecule has 0 radical (unpaired) electrons. The third kappa shape index (κ3) is 29.6. The first kappa shape index (κ1) is 99.6. The van der Waals surface area contributed by atoms with Crippen LogP contribution in [0.4, 0.5) is 0 Å². The number of para-hydroxylation sites is 2. The molecule has 127 heavy (non-hydrogen) atoms. The maximum Gasteiger partial charge on any atom is 0.245 e. The van der Waals surface area contributed by atoms with Crippen molar-refractivity contribution in [2.24, 2.45) is 46.4 Å². The van der Waals surface area contributed by atoms with Crippen molar-refractivity contribution in [2.45, 2.75) is 242 Å². The predicted molar refractivity (Wildman–Crippen MR) is 467 cm³/mol. The quantitative estimate of drug-likeness (QED) is 0.0189. The van der Waals surface area contributed by atoms with E-state index in [1.165, 1.54) is 40.4 Å². The topological polar surface area (TPSA) is 643 Å². The number of aliphatic hydroxyl groups is 1. The fourth-order valence-electron chi connectivity index (χ4n) is 15.6. The second-order valence-corrected chi connectivity index (χ2v) is 33.4. The SMILES string of the molecule is CC[C@H](C)[C@H](NC(=O)[C@@H]1CCCN1C(=O)[C@H](CCC(N)=O)NC(=O)CNC(=O)[C@@H]1CCCN1C(=O)[C@H](CCCCN)NC(=O)[C@H](CC(C)C)NC(=O)[C@H](CCC(N)=O)NC(=O)[C@H](CC(C)C)NC(=O)[C@H](Cc1c[nH]c2ccccc12)NC(=O)[C@H](Cc1c[nH]cn1)NC(=O)[C@@H](N)Cc1c[nH]c2ccccc12)C(=O)N[C@@H](Cc1ccc(O)cc1)C(=O)NC(CCO)C(N)=O. The number of unbranched alkanes of at least 4 members (excludes halogenated alkanes) is 1. The standard InChI is InChI=1S/C87H124N22O18/c1-7-49(6)74(85(125)106-66(38-50-23-25-54(111)26-24-50)80(120)99-60(31-35-110)75(92)115)107-84(124)70-22-15-34-109(70)87(127)63(28-30-72(91)113)98-73(114)45-96-83(123)69-21-14-33-108(69)86(126)62(20-12-13-32-88)101-79(119)65(37-48(4)5)103-77(117)61(27-29-71(90)112)100-78(118)64(36-47(2)3)104-81(121)67(40-52-43-95-59-19-11-9-17-56(52)59)105-82(122)68(41-53-44-93-46-97-53)102-76(116)57(89)39-51-42-94-58-18-10-8-16-55(51)58/h8-11,16-19,23-26,42-44,46-49,57,60-70,74,94-95,110-111H,7,12-15,20-22,27-41,45,88-89H2,1-6H3,(H2,90,112)(H2,91,113)(H2,92,115)(H,93,97)(H,96,123)(H,98,114)(H,99,120)(H,100,118)(H,101,119)(H,102,116)(H,103,117)(H,104,121)(H,105,122)(H,106,125)(H,107,124)/t49-,57-,60?,61-,62-,63-,64-,65-,66-,67-,68-,69-,70-,74-/m0/s1. The van der Waals surface area contributed by atoms with Gasteiger partial charge in [-0.2, -0.15) is 0 Å². The number of hydrogen-bond acceptors (Lipinski definition) is 21. The number of aromatic nitrogens is 4. The molecular weight excluding hydrogens is 1640 g/mol. The summed E-state index contributed by atoms with van der Waals surface area (Å²) in [5, 5.41) is 50.6. The Kier molecular flexibility index (Phi) is 38.1. The van der Waals surface area contributed by atoms with Gasteiger partial charge in [-0.25, -0.2) is 4.98 Å². The number of carbonyl (C=O) groups excluding carboxylic acids is 16. The molecule has 2 saturated heterocycles. The van der Waals surface area contributed by atoms with E-state index in [-0.39, 0.29) is 114 Å². The number of carbonyl (C=O) groups is 16. The van der Waals surface area contributed by atoms with Crippen LogP contribution in [0, 0.1) is 17.8 Å². The molecule has 0 saturated carbocycles. The number of hydrogen-bond donors (Lipinski definition) is 21. The van der Waals surface area contributed by atoms with E-state index in [2.05, 4.69) is 78.4 Å². The zero-order valence-electron chi connectivity index (χ0n) is 72.6. The number of aliphatic hydroxyl groups excluding tert-OH is 1. The predicted octanol–water partition coefficient (Wildman–Crippen LogP) is -1.71. The number of aromatic hydroxyl groups is 1. The van der Waals surface area contributed by atoms with Gasteiger partial charge in [-0.1, -0.05) is 96.5 Å². The van der Waals surface area contributed by atoms with Crippen LogP contribution in [-0.4, -0.2) is 246 Å². The van der Waals surface area contributed by atoms with Gasteiger partial charge in [0, 0.05) is 92.2 Å². The summed E-state index contributed by atoms with van der Waals surface area (Å²) in [6.07, 6.45) is 5.95. The molecule has 0 aliphatic carbocycles. The lowest BCUT2D eigenvalue weighted by Crippen LogP contribution is -2.61. The van der Waals surface area contributed by atoms with Gasteiger partial charge in [0.05, 0.1) is 24.6 Å². The lowest BCUT2D eigenvalue weighted by Gasteiger charge is -2.31. The molecule has 16 amide bonds. The number of benzene rings is 3. The number of phenols is 1. The summed E-state index contributed by atoms with van der Waals surface area (Å²) in [5.41, 5.74) is 32.9. The minimum Gasteiger partial charge on any atom is -0.508 e. The Balaban J connectivity index is 0.929. The van der Waals surface area contributed by atoms with Crippen molar-refractivity contribution >= 4 is 116 Å². The Morgan fingerprint density at radius 1 is 0.496 bits per heavy atom. The summed E-state index contributed by atoms with van der Waals surface area (Å²) >= 11 is 0. The molecule has 2 fully saturated rings. The zero-order chi connectivity index (χ0) is 92.7. The molecule has 690 valence electrons. The van der Waals surface area contributed by atoms with E-state index in [0.29, 0.717) is 42.5 Å². The summed E-state index contributed by atoms with van der Waals surface area (Å²) < 4.78 is 0. The minimum absolute atomic E-state index is 0.0000757. The number of imidazole rings is 1. The van der Waals surface area contributed by atoms with E-state index >= 15 is 4.79 Å². The van der Waals surface area contributed by atoms with Gasteiger partial charge < -0.3 is 122 Å². The van der Waals surface area contributed by atoms with Gasteiger partial charge >= 0.3 is 0 Å². The number of likely N-dealkylation sites (tertiary alicyclic amines) is 2. The van der Waals surface area contributed by atoms with E-state index in [1.807, 2.05) is 42.5 Å². The molecule has 0 bridgehead atoms. The van der Waals surface area contributed by atoms with Crippen molar-refractivity contribution in [1.29, 1.82) is 0 Å². The zero-order valence-corrected chi connectivity index (χ0v) is 72.6. The number of nitrogens with zero attached hydrogens (tertiary/aromatic N) is 3. The van der Waals surface area contributed by atoms with Gasteiger partial charge in [0.1, 0.15) is 78.3 Å². The van der Waals surface area contributed by atoms with Crippen LogP contribution in [0.3, 0.4) is 0 Å². The van der Waals surface area contributed by atoms with Gasteiger partial charge in [-0.15, -0.1) is 0 Å². The number of fused-ring (bicyclic) bond motifs is 2. The van der Waals surface area contributed by atoms with E-state index in [1.54, 1.807) is 66.2 Å². The van der Waals surface area contributed by atoms with Gasteiger partial charge in [0.15, 0.2) is 0 Å². The smallest absolute Gasteiger partial charge is 0.245 e. The van der Waals surface area contributed by atoms with Crippen LogP contribution in [0.25, 0.3) is 21.8 Å². The van der Waals surface area contributed by atoms with E-state index in [9.17, 15) is 82.1 Å². The summed E-state index contributed by atoms with van der Waals surface area (Å²) in [6.45, 7) is 9.46. The number of amides is 16. The molecule has 40 heteroatoms. The Bertz CT molecular complexity index is 4800. The Morgan fingerprint density at radius 3 is 1.48 bits per heavy atom. The van der Waals surface area contributed by atoms with Crippen LogP contribution in [-0.2, 0) is 102 Å². The van der Waals surface area contributed by atoms with Crippen LogP contribution in [0.2, 0.25) is 0 Å². The highest BCUT2D eigenvalue weighted by atomic mass is 16.3. The largest absolute Gasteiger partial charge is 0.508 e. The third-order valence-corrected chi connectivity index (χ3v) is 22.6. The highest BCUT2D eigenvalue weighted by Crippen LogP contribution is 2.26. The van der Waals surface area contributed by atoms with E-state index < -0.39 is 211 Å². The van der Waals surface area contributed by atoms with Crippen molar-refractivity contribution in [1.82, 2.24) is 88.2 Å². The number of phenolic OH excluding ortho intramolecular Hbond substituents is 1. The number of rotatable bonds is 51. The molecule has 40 nitrogen and oxygen atoms in total. The lowest BCUT2D eigenvalue weighted by molar-refractivity contribution is -0.143. The Labute approximate surface area is 735 Å². The first-order chi connectivity index (χ1) is 60.6. The number of nitrogens with one attached hydrogen (secondary N) is 14. The molecule has 2 aliphatic heterocycles. The fraction of sp³-hybridized carbons (Fsp3) is 0.529. The van der Waals surface area contributed by atoms with Crippen molar-refractivity contribution in [3.05, 3.63) is 120 Å². The van der Waals surface area contributed by atoms with Crippen LogP contribution in [0.15, 0.2) is 97.7 Å². The molecular formula is C87H124N22O18. The van der Waals surface area contributed by atoms with Gasteiger partial charge in [0.25, 0.3) is 0 Å². The van der Waals surface area contributed by atoms with Crippen LogP contribution < -0.4 is 87.2 Å². The maximum absolute atomic E-state index is 15.1. The molecule has 14 atom stereocenters. The molecule has 8 rings (SSSR count). The van der Waals surface area contributed by atoms with Crippen LogP contribution in [0.1, 0.15) is 160 Å². The van der Waals surface area contributed by atoms with Crippen LogP contribution in [0.5, 0.6) is 5.75 Å². The second kappa shape index (κ2) is 48.6.